The van der Waals surface area contributed by atoms with Crippen LogP contribution in [0.3, 0.4) is 0 Å². The van der Waals surface area contributed by atoms with Gasteiger partial charge in [-0.05, 0) is 62.4 Å². The first-order chi connectivity index (χ1) is 14.5. The van der Waals surface area contributed by atoms with Gasteiger partial charge < -0.3 is 16.4 Å². The van der Waals surface area contributed by atoms with Crippen LogP contribution in [0.25, 0.3) is 10.8 Å². The molecule has 0 fully saturated rings. The van der Waals surface area contributed by atoms with E-state index in [1.807, 2.05) is 31.2 Å². The Balaban J connectivity index is 1.80. The summed E-state index contributed by atoms with van der Waals surface area (Å²) in [5, 5.41) is 6.55. The van der Waals surface area contributed by atoms with Gasteiger partial charge in [-0.1, -0.05) is 42.0 Å². The SMILES string of the molecule is Cc1ccc(NC(=O)[C@H](CCCCN)NC(=O)c2ccc(F)c3ccccc23)cc1. The number of anilines is 1. The monoisotopic (exact) mass is 407 g/mol. The first-order valence-electron chi connectivity index (χ1n) is 10.1. The summed E-state index contributed by atoms with van der Waals surface area (Å²) >= 11 is 0. The van der Waals surface area contributed by atoms with Crippen molar-refractivity contribution in [1.82, 2.24) is 5.32 Å². The predicted molar refractivity (Wildman–Crippen MR) is 118 cm³/mol. The van der Waals surface area contributed by atoms with Crippen LogP contribution in [0, 0.1) is 12.7 Å². The molecule has 6 heteroatoms. The van der Waals surface area contributed by atoms with E-state index in [1.165, 1.54) is 12.1 Å². The first-order valence-corrected chi connectivity index (χ1v) is 10.1. The van der Waals surface area contributed by atoms with Crippen LogP contribution in [0.5, 0.6) is 0 Å². The summed E-state index contributed by atoms with van der Waals surface area (Å²) < 4.78 is 14.1. The first kappa shape index (κ1) is 21.5. The maximum Gasteiger partial charge on any atom is 0.252 e. The third-order valence-corrected chi connectivity index (χ3v) is 5.00. The molecular weight excluding hydrogens is 381 g/mol. The van der Waals surface area contributed by atoms with Gasteiger partial charge in [0, 0.05) is 16.6 Å². The van der Waals surface area contributed by atoms with Crippen LogP contribution in [0.4, 0.5) is 10.1 Å². The van der Waals surface area contributed by atoms with Crippen molar-refractivity contribution in [3.63, 3.8) is 0 Å². The highest BCUT2D eigenvalue weighted by Crippen LogP contribution is 2.22. The number of carbonyl (C=O) groups excluding carboxylic acids is 2. The van der Waals surface area contributed by atoms with Gasteiger partial charge in [0.25, 0.3) is 5.91 Å². The lowest BCUT2D eigenvalue weighted by molar-refractivity contribution is -0.118. The number of rotatable bonds is 8. The van der Waals surface area contributed by atoms with Gasteiger partial charge in [0.2, 0.25) is 5.91 Å². The normalized spacial score (nSPS) is 11.8. The molecule has 4 N–H and O–H groups in total. The summed E-state index contributed by atoms with van der Waals surface area (Å²) in [7, 11) is 0. The molecule has 0 saturated carbocycles. The van der Waals surface area contributed by atoms with E-state index in [-0.39, 0.29) is 5.91 Å². The molecule has 0 saturated heterocycles. The van der Waals surface area contributed by atoms with E-state index in [9.17, 15) is 14.0 Å². The molecule has 3 rings (SSSR count). The number of amides is 2. The zero-order chi connectivity index (χ0) is 21.5. The van der Waals surface area contributed by atoms with Crippen molar-refractivity contribution in [1.29, 1.82) is 0 Å². The van der Waals surface area contributed by atoms with E-state index < -0.39 is 17.8 Å². The lowest BCUT2D eigenvalue weighted by Gasteiger charge is -2.19. The molecule has 3 aromatic carbocycles. The Kier molecular flexibility index (Phi) is 7.14. The Morgan fingerprint density at radius 1 is 0.967 bits per heavy atom. The fraction of sp³-hybridized carbons (Fsp3) is 0.250. The molecule has 0 spiro atoms. The molecule has 3 aromatic rings. The van der Waals surface area contributed by atoms with Gasteiger partial charge in [0.15, 0.2) is 0 Å². The Labute approximate surface area is 175 Å². The molecule has 0 aromatic heterocycles. The second-order valence-electron chi connectivity index (χ2n) is 7.31. The molecule has 0 unspecified atom stereocenters. The number of hydrogen-bond donors (Lipinski definition) is 3. The molecule has 5 nitrogen and oxygen atoms in total. The predicted octanol–water partition coefficient (Wildman–Crippen LogP) is 4.15. The minimum absolute atomic E-state index is 0.296. The zero-order valence-corrected chi connectivity index (χ0v) is 17.0. The summed E-state index contributed by atoms with van der Waals surface area (Å²) in [5.74, 6) is -1.10. The summed E-state index contributed by atoms with van der Waals surface area (Å²) in [5.41, 5.74) is 7.66. The zero-order valence-electron chi connectivity index (χ0n) is 17.0. The van der Waals surface area contributed by atoms with Crippen LogP contribution >= 0.6 is 0 Å². The van der Waals surface area contributed by atoms with Crippen LogP contribution in [0.2, 0.25) is 0 Å². The van der Waals surface area contributed by atoms with Crippen LogP contribution in [-0.2, 0) is 4.79 Å². The number of carbonyl (C=O) groups is 2. The van der Waals surface area contributed by atoms with Crippen molar-refractivity contribution < 1.29 is 14.0 Å². The highest BCUT2D eigenvalue weighted by molar-refractivity contribution is 6.09. The molecule has 1 atom stereocenters. The molecule has 0 aliphatic heterocycles. The number of unbranched alkanes of at least 4 members (excludes halogenated alkanes) is 1. The van der Waals surface area contributed by atoms with E-state index in [0.29, 0.717) is 41.4 Å². The van der Waals surface area contributed by atoms with Crippen molar-refractivity contribution in [3.05, 3.63) is 77.6 Å². The fourth-order valence-corrected chi connectivity index (χ4v) is 3.32. The van der Waals surface area contributed by atoms with Crippen molar-refractivity contribution in [2.75, 3.05) is 11.9 Å². The Bertz CT molecular complexity index is 1030. The minimum Gasteiger partial charge on any atom is -0.340 e. The molecule has 2 amide bonds. The van der Waals surface area contributed by atoms with Gasteiger partial charge in [-0.25, -0.2) is 4.39 Å². The summed E-state index contributed by atoms with van der Waals surface area (Å²) in [4.78, 5) is 25.8. The topological polar surface area (TPSA) is 84.2 Å². The van der Waals surface area contributed by atoms with Crippen LogP contribution in [0.1, 0.15) is 35.2 Å². The van der Waals surface area contributed by atoms with E-state index in [2.05, 4.69) is 10.6 Å². The smallest absolute Gasteiger partial charge is 0.252 e. The van der Waals surface area contributed by atoms with Gasteiger partial charge >= 0.3 is 0 Å². The second-order valence-corrected chi connectivity index (χ2v) is 7.31. The van der Waals surface area contributed by atoms with Gasteiger partial charge in [0.05, 0.1) is 0 Å². The number of nitrogens with one attached hydrogen (secondary N) is 2. The maximum atomic E-state index is 14.1. The Hall–Kier alpha value is -3.25. The molecule has 0 aliphatic rings. The third-order valence-electron chi connectivity index (χ3n) is 5.00. The molecule has 0 bridgehead atoms. The van der Waals surface area contributed by atoms with Crippen molar-refractivity contribution in [3.8, 4) is 0 Å². The standard InChI is InChI=1S/C24H26FN3O2/c1-16-9-11-17(12-10-16)27-24(30)22(8-4-5-15-26)28-23(29)20-13-14-21(25)19-7-3-2-6-18(19)20/h2-3,6-7,9-14,22H,4-5,8,15,26H2,1H3,(H,27,30)(H,28,29)/t22-/m0/s1. The average Bonchev–Trinajstić information content (AvgIpc) is 2.75. The quantitative estimate of drug-likeness (QED) is 0.491. The lowest BCUT2D eigenvalue weighted by atomic mass is 10.0. The van der Waals surface area contributed by atoms with E-state index >= 15 is 0 Å². The number of halogens is 1. The van der Waals surface area contributed by atoms with E-state index in [0.717, 1.165) is 12.0 Å². The highest BCUT2D eigenvalue weighted by atomic mass is 19.1. The van der Waals surface area contributed by atoms with Crippen molar-refractivity contribution in [2.24, 2.45) is 5.73 Å². The molecule has 0 aliphatic carbocycles. The molecule has 0 radical (unpaired) electrons. The third kappa shape index (κ3) is 5.21. The van der Waals surface area contributed by atoms with Crippen molar-refractivity contribution >= 4 is 28.3 Å². The Morgan fingerprint density at radius 3 is 2.37 bits per heavy atom. The summed E-state index contributed by atoms with van der Waals surface area (Å²) in [6.45, 7) is 2.48. The molecular formula is C24H26FN3O2. The largest absolute Gasteiger partial charge is 0.340 e. The van der Waals surface area contributed by atoms with Crippen molar-refractivity contribution in [2.45, 2.75) is 32.2 Å². The van der Waals surface area contributed by atoms with E-state index in [4.69, 9.17) is 5.73 Å². The summed E-state index contributed by atoms with van der Waals surface area (Å²) in [6.07, 6.45) is 1.91. The molecule has 0 heterocycles. The number of hydrogen-bond acceptors (Lipinski definition) is 3. The van der Waals surface area contributed by atoms with Gasteiger partial charge in [-0.3, -0.25) is 9.59 Å². The fourth-order valence-electron chi connectivity index (χ4n) is 3.32. The number of fused-ring (bicyclic) bond motifs is 1. The van der Waals surface area contributed by atoms with Crippen LogP contribution in [-0.4, -0.2) is 24.4 Å². The van der Waals surface area contributed by atoms with E-state index in [1.54, 1.807) is 24.3 Å². The maximum absolute atomic E-state index is 14.1. The highest BCUT2D eigenvalue weighted by Gasteiger charge is 2.22. The van der Waals surface area contributed by atoms with Gasteiger partial charge in [0.1, 0.15) is 11.9 Å². The number of benzene rings is 3. The van der Waals surface area contributed by atoms with Crippen LogP contribution in [0.15, 0.2) is 60.7 Å². The van der Waals surface area contributed by atoms with Gasteiger partial charge in [-0.15, -0.1) is 0 Å². The molecule has 156 valence electrons. The molecule has 30 heavy (non-hydrogen) atoms. The van der Waals surface area contributed by atoms with Gasteiger partial charge in [-0.2, -0.15) is 0 Å². The second kappa shape index (κ2) is 9.98. The number of nitrogens with two attached hydrogens (primary N) is 1. The van der Waals surface area contributed by atoms with Crippen LogP contribution < -0.4 is 16.4 Å². The average molecular weight is 407 g/mol. The number of aryl methyl sites for hydroxylation is 1. The lowest BCUT2D eigenvalue weighted by Crippen LogP contribution is -2.44. The minimum atomic E-state index is -0.728. The summed E-state index contributed by atoms with van der Waals surface area (Å²) in [6, 6.07) is 16.2. The Morgan fingerprint density at radius 2 is 1.67 bits per heavy atom.